The normalized spacial score (nSPS) is 10.7. The van der Waals surface area contributed by atoms with E-state index < -0.39 is 5.97 Å². The highest BCUT2D eigenvalue weighted by atomic mass is 16.5. The molecule has 0 atom stereocenters. The number of hydrogen-bond donors (Lipinski definition) is 2. The van der Waals surface area contributed by atoms with Crippen LogP contribution >= 0.6 is 0 Å². The van der Waals surface area contributed by atoms with E-state index in [2.05, 4.69) is 34.9 Å². The summed E-state index contributed by atoms with van der Waals surface area (Å²) in [6, 6.07) is 0. The number of aromatic nitrogens is 4. The zero-order chi connectivity index (χ0) is 15.2. The Bertz CT molecular complexity index is 593. The van der Waals surface area contributed by atoms with Crippen molar-refractivity contribution >= 4 is 17.9 Å². The molecule has 2 aromatic heterocycles. The predicted molar refractivity (Wildman–Crippen MR) is 77.5 cm³/mol. The van der Waals surface area contributed by atoms with Crippen molar-refractivity contribution < 1.29 is 9.53 Å². The molecule has 2 rings (SSSR count). The third-order valence-corrected chi connectivity index (χ3v) is 2.76. The van der Waals surface area contributed by atoms with Gasteiger partial charge in [-0.05, 0) is 14.1 Å². The number of anilines is 2. The maximum atomic E-state index is 11.3. The standard InChI is InChI=1S/C13H18N6O2/c1-19(2)5-4-10-8-16-13(17-10)18-12-14-6-9(7-15-12)11(20)21-3/h6-8H,4-5H2,1-3H3,(H2,14,15,16,17,18). The largest absolute Gasteiger partial charge is 0.465 e. The van der Waals surface area contributed by atoms with Crippen LogP contribution < -0.4 is 5.32 Å². The first kappa shape index (κ1) is 14.9. The second kappa shape index (κ2) is 6.80. The minimum absolute atomic E-state index is 0.300. The number of carbonyl (C=O) groups excluding carboxylic acids is 1. The molecule has 0 saturated carbocycles. The highest BCUT2D eigenvalue weighted by Crippen LogP contribution is 2.09. The SMILES string of the molecule is COC(=O)c1cnc(Nc2ncc(CCN(C)C)[nH]2)nc1. The summed E-state index contributed by atoms with van der Waals surface area (Å²) in [5.74, 6) is 0.455. The van der Waals surface area contributed by atoms with Gasteiger partial charge in [-0.3, -0.25) is 5.32 Å². The van der Waals surface area contributed by atoms with Gasteiger partial charge in [0.25, 0.3) is 0 Å². The topological polar surface area (TPSA) is 96.0 Å². The van der Waals surface area contributed by atoms with E-state index in [1.54, 1.807) is 6.20 Å². The highest BCUT2D eigenvalue weighted by molar-refractivity contribution is 5.88. The molecule has 8 nitrogen and oxygen atoms in total. The molecule has 0 spiro atoms. The zero-order valence-corrected chi connectivity index (χ0v) is 12.3. The second-order valence-corrected chi connectivity index (χ2v) is 4.72. The molecule has 0 amide bonds. The third-order valence-electron chi connectivity index (χ3n) is 2.76. The Morgan fingerprint density at radius 3 is 2.62 bits per heavy atom. The van der Waals surface area contributed by atoms with E-state index in [0.29, 0.717) is 17.5 Å². The second-order valence-electron chi connectivity index (χ2n) is 4.72. The van der Waals surface area contributed by atoms with Crippen molar-refractivity contribution in [2.75, 3.05) is 33.1 Å². The van der Waals surface area contributed by atoms with Crippen molar-refractivity contribution in [2.24, 2.45) is 0 Å². The van der Waals surface area contributed by atoms with Crippen LogP contribution in [-0.4, -0.2) is 58.6 Å². The number of aromatic amines is 1. The summed E-state index contributed by atoms with van der Waals surface area (Å²) in [6.45, 7) is 0.936. The molecule has 0 aliphatic carbocycles. The molecule has 0 aliphatic rings. The summed E-state index contributed by atoms with van der Waals surface area (Å²) in [7, 11) is 5.35. The smallest absolute Gasteiger partial charge is 0.341 e. The lowest BCUT2D eigenvalue weighted by molar-refractivity contribution is 0.0600. The Labute approximate surface area is 122 Å². The van der Waals surface area contributed by atoms with E-state index in [-0.39, 0.29) is 0 Å². The Morgan fingerprint density at radius 1 is 1.29 bits per heavy atom. The fraction of sp³-hybridized carbons (Fsp3) is 0.385. The molecular formula is C13H18N6O2. The first-order chi connectivity index (χ1) is 10.1. The maximum absolute atomic E-state index is 11.3. The first-order valence-electron chi connectivity index (χ1n) is 6.44. The number of esters is 1. The molecule has 2 N–H and O–H groups in total. The summed E-state index contributed by atoms with van der Waals surface area (Å²) in [4.78, 5) is 28.8. The van der Waals surface area contributed by atoms with Gasteiger partial charge >= 0.3 is 5.97 Å². The Balaban J connectivity index is 1.97. The first-order valence-corrected chi connectivity index (χ1v) is 6.44. The molecule has 8 heteroatoms. The number of ether oxygens (including phenoxy) is 1. The summed E-state index contributed by atoms with van der Waals surface area (Å²) in [6.07, 6.45) is 5.45. The highest BCUT2D eigenvalue weighted by Gasteiger charge is 2.08. The fourth-order valence-electron chi connectivity index (χ4n) is 1.62. The summed E-state index contributed by atoms with van der Waals surface area (Å²) in [5.41, 5.74) is 1.33. The van der Waals surface area contributed by atoms with E-state index in [4.69, 9.17) is 0 Å². The van der Waals surface area contributed by atoms with Crippen molar-refractivity contribution in [2.45, 2.75) is 6.42 Å². The van der Waals surface area contributed by atoms with Crippen LogP contribution in [-0.2, 0) is 11.2 Å². The van der Waals surface area contributed by atoms with Gasteiger partial charge in [-0.25, -0.2) is 19.7 Å². The van der Waals surface area contributed by atoms with Gasteiger partial charge in [0.2, 0.25) is 11.9 Å². The molecule has 0 bridgehead atoms. The van der Waals surface area contributed by atoms with Crippen LogP contribution in [0.25, 0.3) is 0 Å². The van der Waals surface area contributed by atoms with Crippen LogP contribution in [0.3, 0.4) is 0 Å². The number of likely N-dealkylation sites (N-methyl/N-ethyl adjacent to an activating group) is 1. The van der Waals surface area contributed by atoms with Crippen LogP contribution in [0, 0.1) is 0 Å². The molecule has 21 heavy (non-hydrogen) atoms. The van der Waals surface area contributed by atoms with Crippen molar-refractivity contribution in [3.63, 3.8) is 0 Å². The summed E-state index contributed by atoms with van der Waals surface area (Å²) in [5, 5.41) is 2.94. The lowest BCUT2D eigenvalue weighted by Crippen LogP contribution is -2.15. The van der Waals surface area contributed by atoms with Crippen LogP contribution in [0.5, 0.6) is 0 Å². The lowest BCUT2D eigenvalue weighted by atomic mass is 10.3. The monoisotopic (exact) mass is 290 g/mol. The number of H-pyrrole nitrogens is 1. The third kappa shape index (κ3) is 4.25. The van der Waals surface area contributed by atoms with Crippen molar-refractivity contribution in [3.8, 4) is 0 Å². The Hall–Kier alpha value is -2.48. The van der Waals surface area contributed by atoms with Crippen LogP contribution in [0.15, 0.2) is 18.6 Å². The molecule has 2 aromatic rings. The summed E-state index contributed by atoms with van der Waals surface area (Å²) >= 11 is 0. The molecule has 0 aliphatic heterocycles. The number of nitrogens with zero attached hydrogens (tertiary/aromatic N) is 4. The van der Waals surface area contributed by atoms with Gasteiger partial charge in [0.15, 0.2) is 0 Å². The molecule has 2 heterocycles. The van der Waals surface area contributed by atoms with E-state index in [1.165, 1.54) is 19.5 Å². The Morgan fingerprint density at radius 2 is 2.00 bits per heavy atom. The van der Waals surface area contributed by atoms with Crippen LogP contribution in [0.4, 0.5) is 11.9 Å². The molecule has 0 unspecified atom stereocenters. The van der Waals surface area contributed by atoms with Crippen molar-refractivity contribution in [3.05, 3.63) is 29.8 Å². The molecule has 112 valence electrons. The van der Waals surface area contributed by atoms with Crippen molar-refractivity contribution in [1.29, 1.82) is 0 Å². The van der Waals surface area contributed by atoms with Gasteiger partial charge in [0, 0.05) is 31.1 Å². The molecule has 0 saturated heterocycles. The summed E-state index contributed by atoms with van der Waals surface area (Å²) < 4.78 is 4.58. The van der Waals surface area contributed by atoms with Gasteiger partial charge in [-0.1, -0.05) is 0 Å². The number of methoxy groups -OCH3 is 1. The van der Waals surface area contributed by atoms with Crippen LogP contribution in [0.1, 0.15) is 16.1 Å². The van der Waals surface area contributed by atoms with E-state index in [0.717, 1.165) is 18.7 Å². The molecule has 0 fully saturated rings. The van der Waals surface area contributed by atoms with E-state index in [9.17, 15) is 4.79 Å². The number of hydrogen-bond acceptors (Lipinski definition) is 7. The van der Waals surface area contributed by atoms with E-state index >= 15 is 0 Å². The van der Waals surface area contributed by atoms with Crippen molar-refractivity contribution in [1.82, 2.24) is 24.8 Å². The molecule has 0 aromatic carbocycles. The van der Waals surface area contributed by atoms with Gasteiger partial charge in [-0.2, -0.15) is 0 Å². The average Bonchev–Trinajstić information content (AvgIpc) is 2.92. The molecule has 0 radical (unpaired) electrons. The van der Waals surface area contributed by atoms with Gasteiger partial charge < -0.3 is 14.6 Å². The molecular weight excluding hydrogens is 272 g/mol. The van der Waals surface area contributed by atoms with Gasteiger partial charge in [0.1, 0.15) is 0 Å². The number of nitrogens with one attached hydrogen (secondary N) is 2. The van der Waals surface area contributed by atoms with Gasteiger partial charge in [0.05, 0.1) is 18.9 Å². The quantitative estimate of drug-likeness (QED) is 0.761. The van der Waals surface area contributed by atoms with Gasteiger partial charge in [-0.15, -0.1) is 0 Å². The maximum Gasteiger partial charge on any atom is 0.341 e. The Kier molecular flexibility index (Phi) is 4.83. The minimum Gasteiger partial charge on any atom is -0.465 e. The zero-order valence-electron chi connectivity index (χ0n) is 12.3. The minimum atomic E-state index is -0.467. The predicted octanol–water partition coefficient (Wildman–Crippen LogP) is 0.834. The number of imidazole rings is 1. The lowest BCUT2D eigenvalue weighted by Gasteiger charge is -2.07. The number of rotatable bonds is 6. The number of carbonyl (C=O) groups is 1. The van der Waals surface area contributed by atoms with E-state index in [1.807, 2.05) is 14.1 Å². The fourth-order valence-corrected chi connectivity index (χ4v) is 1.62. The average molecular weight is 290 g/mol. The van der Waals surface area contributed by atoms with Crippen LogP contribution in [0.2, 0.25) is 0 Å².